The van der Waals surface area contributed by atoms with Gasteiger partial charge < -0.3 is 25.0 Å². The van der Waals surface area contributed by atoms with Gasteiger partial charge in [0.25, 0.3) is 0 Å². The summed E-state index contributed by atoms with van der Waals surface area (Å²) in [7, 11) is 0. The second kappa shape index (κ2) is 8.00. The van der Waals surface area contributed by atoms with Gasteiger partial charge >= 0.3 is 6.09 Å². The summed E-state index contributed by atoms with van der Waals surface area (Å²) in [6.45, 7) is 7.58. The molecule has 124 valence electrons. The largest absolute Gasteiger partial charge is 0.494 e. The molecule has 0 spiro atoms. The van der Waals surface area contributed by atoms with E-state index in [2.05, 4.69) is 5.32 Å². The minimum absolute atomic E-state index is 0.108. The van der Waals surface area contributed by atoms with Crippen LogP contribution in [-0.2, 0) is 4.74 Å². The Balaban J connectivity index is 2.50. The molecule has 0 aromatic heterocycles. The fourth-order valence-corrected chi connectivity index (χ4v) is 1.76. The first-order valence-electron chi connectivity index (χ1n) is 7.28. The van der Waals surface area contributed by atoms with Crippen molar-refractivity contribution in [1.29, 1.82) is 0 Å². The first-order chi connectivity index (χ1) is 10.2. The van der Waals surface area contributed by atoms with E-state index in [1.165, 1.54) is 0 Å². The zero-order valence-corrected chi connectivity index (χ0v) is 13.5. The summed E-state index contributed by atoms with van der Waals surface area (Å²) < 4.78 is 10.4. The van der Waals surface area contributed by atoms with Crippen LogP contribution in [0.5, 0.6) is 5.75 Å². The highest BCUT2D eigenvalue weighted by Crippen LogP contribution is 2.20. The number of hydrogen-bond acceptors (Lipinski definition) is 5. The van der Waals surface area contributed by atoms with Crippen LogP contribution in [0, 0.1) is 0 Å². The molecular formula is C16H25NO5. The van der Waals surface area contributed by atoms with Crippen LogP contribution in [0.1, 0.15) is 39.4 Å². The van der Waals surface area contributed by atoms with Crippen molar-refractivity contribution < 1.29 is 24.5 Å². The zero-order chi connectivity index (χ0) is 16.8. The van der Waals surface area contributed by atoms with Crippen molar-refractivity contribution in [3.05, 3.63) is 29.8 Å². The van der Waals surface area contributed by atoms with Gasteiger partial charge in [-0.05, 0) is 45.4 Å². The minimum Gasteiger partial charge on any atom is -0.494 e. The van der Waals surface area contributed by atoms with Crippen LogP contribution in [0.4, 0.5) is 4.79 Å². The van der Waals surface area contributed by atoms with Crippen molar-refractivity contribution in [3.63, 3.8) is 0 Å². The van der Waals surface area contributed by atoms with Gasteiger partial charge in [-0.2, -0.15) is 0 Å². The monoisotopic (exact) mass is 311 g/mol. The van der Waals surface area contributed by atoms with Crippen LogP contribution in [0.15, 0.2) is 24.3 Å². The number of ether oxygens (including phenoxy) is 2. The van der Waals surface area contributed by atoms with Crippen LogP contribution in [0.25, 0.3) is 0 Å². The van der Waals surface area contributed by atoms with Crippen LogP contribution in [0.2, 0.25) is 0 Å². The SMILES string of the molecule is CCOc1ccc(C(O)C(O)CNC(=O)OC(C)(C)C)cc1. The molecule has 22 heavy (non-hydrogen) atoms. The second-order valence-electron chi connectivity index (χ2n) is 5.90. The number of benzene rings is 1. The molecular weight excluding hydrogens is 286 g/mol. The van der Waals surface area contributed by atoms with E-state index in [9.17, 15) is 15.0 Å². The van der Waals surface area contributed by atoms with Crippen molar-refractivity contribution >= 4 is 6.09 Å². The molecule has 0 aliphatic carbocycles. The van der Waals surface area contributed by atoms with Gasteiger partial charge in [-0.1, -0.05) is 12.1 Å². The number of rotatable bonds is 6. The molecule has 0 aliphatic rings. The number of alkyl carbamates (subject to hydrolysis) is 1. The van der Waals surface area contributed by atoms with Crippen molar-refractivity contribution in [1.82, 2.24) is 5.32 Å². The Bertz CT molecular complexity index is 466. The van der Waals surface area contributed by atoms with Crippen LogP contribution >= 0.6 is 0 Å². The van der Waals surface area contributed by atoms with Crippen molar-refractivity contribution in [3.8, 4) is 5.75 Å². The maximum Gasteiger partial charge on any atom is 0.407 e. The Kier molecular flexibility index (Phi) is 6.64. The number of nitrogens with one attached hydrogen (secondary N) is 1. The number of aliphatic hydroxyl groups excluding tert-OH is 2. The average Bonchev–Trinajstić information content (AvgIpc) is 2.43. The van der Waals surface area contributed by atoms with E-state index in [0.29, 0.717) is 17.9 Å². The predicted molar refractivity (Wildman–Crippen MR) is 82.8 cm³/mol. The molecule has 0 bridgehead atoms. The molecule has 3 N–H and O–H groups in total. The Labute approximate surface area is 131 Å². The third kappa shape index (κ3) is 6.32. The Morgan fingerprint density at radius 2 is 1.82 bits per heavy atom. The summed E-state index contributed by atoms with van der Waals surface area (Å²) >= 11 is 0. The topological polar surface area (TPSA) is 88.0 Å². The second-order valence-corrected chi connectivity index (χ2v) is 5.90. The lowest BCUT2D eigenvalue weighted by molar-refractivity contribution is 0.0129. The summed E-state index contributed by atoms with van der Waals surface area (Å²) in [5.74, 6) is 0.694. The summed E-state index contributed by atoms with van der Waals surface area (Å²) in [5.41, 5.74) is -0.0649. The molecule has 0 saturated carbocycles. The van der Waals surface area contributed by atoms with Gasteiger partial charge in [0.1, 0.15) is 23.6 Å². The summed E-state index contributed by atoms with van der Waals surface area (Å²) in [6.07, 6.45) is -2.87. The zero-order valence-electron chi connectivity index (χ0n) is 13.5. The van der Waals surface area contributed by atoms with Crippen LogP contribution < -0.4 is 10.1 Å². The summed E-state index contributed by atoms with van der Waals surface area (Å²) in [6, 6.07) is 6.78. The van der Waals surface area contributed by atoms with E-state index in [4.69, 9.17) is 9.47 Å². The maximum absolute atomic E-state index is 11.5. The van der Waals surface area contributed by atoms with Crippen molar-refractivity contribution in [2.75, 3.05) is 13.2 Å². The van der Waals surface area contributed by atoms with Gasteiger partial charge in [0, 0.05) is 6.54 Å². The highest BCUT2D eigenvalue weighted by atomic mass is 16.6. The molecule has 1 amide bonds. The highest BCUT2D eigenvalue weighted by Gasteiger charge is 2.21. The van der Waals surface area contributed by atoms with Gasteiger partial charge in [-0.3, -0.25) is 0 Å². The smallest absolute Gasteiger partial charge is 0.407 e. The molecule has 1 aromatic rings. The quantitative estimate of drug-likeness (QED) is 0.748. The Morgan fingerprint density at radius 1 is 1.23 bits per heavy atom. The number of aliphatic hydroxyl groups is 2. The normalized spacial score (nSPS) is 14.1. The molecule has 1 aromatic carbocycles. The van der Waals surface area contributed by atoms with E-state index < -0.39 is 23.9 Å². The van der Waals surface area contributed by atoms with E-state index in [1.54, 1.807) is 45.0 Å². The molecule has 0 saturated heterocycles. The first-order valence-corrected chi connectivity index (χ1v) is 7.28. The summed E-state index contributed by atoms with van der Waals surface area (Å²) in [5, 5.41) is 22.4. The lowest BCUT2D eigenvalue weighted by atomic mass is 10.0. The van der Waals surface area contributed by atoms with Gasteiger partial charge in [-0.25, -0.2) is 4.79 Å². The van der Waals surface area contributed by atoms with Crippen LogP contribution in [0.3, 0.4) is 0 Å². The molecule has 1 rings (SSSR count). The minimum atomic E-state index is -1.13. The lowest BCUT2D eigenvalue weighted by Gasteiger charge is -2.22. The third-order valence-corrected chi connectivity index (χ3v) is 2.75. The van der Waals surface area contributed by atoms with E-state index >= 15 is 0 Å². The van der Waals surface area contributed by atoms with Gasteiger partial charge in [-0.15, -0.1) is 0 Å². The van der Waals surface area contributed by atoms with E-state index in [-0.39, 0.29) is 6.54 Å². The Morgan fingerprint density at radius 3 is 2.32 bits per heavy atom. The first kappa shape index (κ1) is 18.3. The van der Waals surface area contributed by atoms with E-state index in [0.717, 1.165) is 0 Å². The fraction of sp³-hybridized carbons (Fsp3) is 0.562. The van der Waals surface area contributed by atoms with Crippen LogP contribution in [-0.4, -0.2) is 41.2 Å². The number of carbonyl (C=O) groups excluding carboxylic acids is 1. The van der Waals surface area contributed by atoms with Gasteiger partial charge in [0.15, 0.2) is 0 Å². The molecule has 0 aliphatic heterocycles. The predicted octanol–water partition coefficient (Wildman–Crippen LogP) is 2.00. The average molecular weight is 311 g/mol. The van der Waals surface area contributed by atoms with Gasteiger partial charge in [0.2, 0.25) is 0 Å². The van der Waals surface area contributed by atoms with Crippen molar-refractivity contribution in [2.45, 2.75) is 45.5 Å². The number of hydrogen-bond donors (Lipinski definition) is 3. The van der Waals surface area contributed by atoms with Crippen molar-refractivity contribution in [2.24, 2.45) is 0 Å². The van der Waals surface area contributed by atoms with Gasteiger partial charge in [0.05, 0.1) is 6.61 Å². The molecule has 6 heteroatoms. The number of amides is 1. The fourth-order valence-electron chi connectivity index (χ4n) is 1.76. The molecule has 2 unspecified atom stereocenters. The molecule has 0 fully saturated rings. The molecule has 2 atom stereocenters. The molecule has 0 radical (unpaired) electrons. The summed E-state index contributed by atoms with van der Waals surface area (Å²) in [4.78, 5) is 11.5. The molecule has 6 nitrogen and oxygen atoms in total. The molecule has 0 heterocycles. The Hall–Kier alpha value is -1.79. The third-order valence-electron chi connectivity index (χ3n) is 2.75. The number of carbonyl (C=O) groups is 1. The maximum atomic E-state index is 11.5. The standard InChI is InChI=1S/C16H25NO5/c1-5-21-12-8-6-11(7-9-12)14(19)13(18)10-17-15(20)22-16(2,3)4/h6-9,13-14,18-19H,5,10H2,1-4H3,(H,17,20). The lowest BCUT2D eigenvalue weighted by Crippen LogP contribution is -2.38. The highest BCUT2D eigenvalue weighted by molar-refractivity contribution is 5.67. The van der Waals surface area contributed by atoms with E-state index in [1.807, 2.05) is 6.92 Å².